The number of nitrogens with zero attached hydrogens (tertiary/aromatic N) is 2. The van der Waals surface area contributed by atoms with Gasteiger partial charge in [-0.15, -0.1) is 11.8 Å². The summed E-state index contributed by atoms with van der Waals surface area (Å²) in [6.45, 7) is 1.14. The average molecular weight is 376 g/mol. The maximum absolute atomic E-state index is 12.4. The Balaban J connectivity index is 1.38. The van der Waals surface area contributed by atoms with Crippen LogP contribution >= 0.6 is 11.8 Å². The van der Waals surface area contributed by atoms with Crippen molar-refractivity contribution in [2.75, 3.05) is 24.7 Å². The fourth-order valence-corrected chi connectivity index (χ4v) is 3.96. The van der Waals surface area contributed by atoms with Crippen molar-refractivity contribution in [3.63, 3.8) is 0 Å². The highest BCUT2D eigenvalue weighted by molar-refractivity contribution is 7.99. The Morgan fingerprint density at radius 1 is 1.27 bits per heavy atom. The van der Waals surface area contributed by atoms with Gasteiger partial charge in [0.2, 0.25) is 11.8 Å². The molecule has 1 aliphatic carbocycles. The summed E-state index contributed by atoms with van der Waals surface area (Å²) in [5, 5.41) is 5.75. The lowest BCUT2D eigenvalue weighted by Gasteiger charge is -2.23. The van der Waals surface area contributed by atoms with Gasteiger partial charge in [0.1, 0.15) is 6.04 Å². The van der Waals surface area contributed by atoms with Gasteiger partial charge in [-0.3, -0.25) is 19.4 Å². The Morgan fingerprint density at radius 2 is 2.12 bits per heavy atom. The largest absolute Gasteiger partial charge is 0.354 e. The number of rotatable bonds is 8. The average Bonchev–Trinajstić information content (AvgIpc) is 3.37. The number of pyridine rings is 1. The van der Waals surface area contributed by atoms with Gasteiger partial charge in [0, 0.05) is 37.7 Å². The molecule has 0 spiro atoms. The summed E-state index contributed by atoms with van der Waals surface area (Å²) < 4.78 is 0. The van der Waals surface area contributed by atoms with Crippen LogP contribution in [0.5, 0.6) is 0 Å². The van der Waals surface area contributed by atoms with E-state index in [0.29, 0.717) is 42.5 Å². The van der Waals surface area contributed by atoms with Crippen molar-refractivity contribution in [1.29, 1.82) is 0 Å². The molecular weight excluding hydrogens is 352 g/mol. The molecule has 0 bridgehead atoms. The first-order chi connectivity index (χ1) is 12.6. The third kappa shape index (κ3) is 5.20. The molecule has 8 heteroatoms. The molecule has 1 unspecified atom stereocenters. The Labute approximate surface area is 157 Å². The summed E-state index contributed by atoms with van der Waals surface area (Å²) in [7, 11) is 0. The van der Waals surface area contributed by atoms with Crippen molar-refractivity contribution in [2.45, 2.75) is 31.7 Å². The second-order valence-corrected chi connectivity index (χ2v) is 7.67. The van der Waals surface area contributed by atoms with Gasteiger partial charge < -0.3 is 15.5 Å². The molecular formula is C18H24N4O3S. The van der Waals surface area contributed by atoms with E-state index in [1.807, 2.05) is 0 Å². The molecule has 1 saturated heterocycles. The Bertz CT molecular complexity index is 651. The molecule has 1 atom stereocenters. The van der Waals surface area contributed by atoms with E-state index in [1.165, 1.54) is 19.0 Å². The van der Waals surface area contributed by atoms with Gasteiger partial charge in [0.15, 0.2) is 0 Å². The van der Waals surface area contributed by atoms with E-state index >= 15 is 0 Å². The second kappa shape index (κ2) is 9.02. The highest BCUT2D eigenvalue weighted by atomic mass is 32.2. The Kier molecular flexibility index (Phi) is 6.49. The van der Waals surface area contributed by atoms with E-state index in [4.69, 9.17) is 0 Å². The van der Waals surface area contributed by atoms with Crippen molar-refractivity contribution in [1.82, 2.24) is 20.5 Å². The lowest BCUT2D eigenvalue weighted by atomic mass is 10.2. The van der Waals surface area contributed by atoms with E-state index < -0.39 is 0 Å². The van der Waals surface area contributed by atoms with Crippen LogP contribution in [0.25, 0.3) is 0 Å². The zero-order chi connectivity index (χ0) is 18.4. The lowest BCUT2D eigenvalue weighted by Crippen LogP contribution is -2.47. The molecule has 2 fully saturated rings. The van der Waals surface area contributed by atoms with Crippen LogP contribution in [0, 0.1) is 5.92 Å². The number of hydrogen-bond acceptors (Lipinski definition) is 5. The number of thioether (sulfide) groups is 1. The topological polar surface area (TPSA) is 91.4 Å². The number of hydrogen-bond donors (Lipinski definition) is 2. The number of aromatic nitrogens is 1. The Hall–Kier alpha value is -2.09. The fraction of sp³-hybridized carbons (Fsp3) is 0.556. The summed E-state index contributed by atoms with van der Waals surface area (Å²) in [5.41, 5.74) is 0.502. The van der Waals surface area contributed by atoms with Crippen LogP contribution in [0.2, 0.25) is 0 Å². The van der Waals surface area contributed by atoms with E-state index in [2.05, 4.69) is 15.6 Å². The second-order valence-electron chi connectivity index (χ2n) is 6.67. The minimum Gasteiger partial charge on any atom is -0.354 e. The van der Waals surface area contributed by atoms with Crippen LogP contribution in [-0.4, -0.2) is 58.4 Å². The molecule has 26 heavy (non-hydrogen) atoms. The minimum atomic E-state index is -0.365. The van der Waals surface area contributed by atoms with E-state index in [0.717, 1.165) is 6.54 Å². The fourth-order valence-electron chi connectivity index (χ4n) is 2.77. The van der Waals surface area contributed by atoms with Crippen LogP contribution in [0.4, 0.5) is 0 Å². The first-order valence-corrected chi connectivity index (χ1v) is 10.1. The zero-order valence-corrected chi connectivity index (χ0v) is 15.5. The van der Waals surface area contributed by atoms with Crippen LogP contribution in [0.3, 0.4) is 0 Å². The molecule has 0 radical (unpaired) electrons. The molecule has 1 aliphatic heterocycles. The molecule has 140 valence electrons. The van der Waals surface area contributed by atoms with Crippen LogP contribution in [-0.2, 0) is 9.59 Å². The molecule has 0 aromatic carbocycles. The minimum absolute atomic E-state index is 0.0304. The lowest BCUT2D eigenvalue weighted by molar-refractivity contribution is -0.138. The van der Waals surface area contributed by atoms with Gasteiger partial charge in [-0.2, -0.15) is 0 Å². The van der Waals surface area contributed by atoms with Crippen molar-refractivity contribution < 1.29 is 14.4 Å². The molecule has 2 aliphatic rings. The monoisotopic (exact) mass is 376 g/mol. The number of carbonyl (C=O) groups excluding carboxylic acids is 3. The van der Waals surface area contributed by atoms with Gasteiger partial charge in [-0.1, -0.05) is 0 Å². The first-order valence-electron chi connectivity index (χ1n) is 8.98. The first kappa shape index (κ1) is 18.7. The van der Waals surface area contributed by atoms with Gasteiger partial charge >= 0.3 is 0 Å². The molecule has 3 rings (SSSR count). The van der Waals surface area contributed by atoms with Gasteiger partial charge in [0.25, 0.3) is 5.91 Å². The third-order valence-electron chi connectivity index (χ3n) is 4.54. The van der Waals surface area contributed by atoms with Gasteiger partial charge in [-0.25, -0.2) is 0 Å². The number of amides is 3. The quantitative estimate of drug-likeness (QED) is 0.661. The molecule has 3 amide bonds. The summed E-state index contributed by atoms with van der Waals surface area (Å²) in [6, 6.07) is 3.04. The molecule has 1 aromatic rings. The number of carbonyl (C=O) groups is 3. The molecule has 1 saturated carbocycles. The van der Waals surface area contributed by atoms with Crippen LogP contribution in [0.1, 0.15) is 36.0 Å². The highest BCUT2D eigenvalue weighted by Gasteiger charge is 2.34. The Morgan fingerprint density at radius 3 is 2.85 bits per heavy atom. The maximum atomic E-state index is 12.4. The molecule has 2 heterocycles. The molecule has 1 aromatic heterocycles. The van der Waals surface area contributed by atoms with Gasteiger partial charge in [0.05, 0.1) is 11.4 Å². The van der Waals surface area contributed by atoms with E-state index in [-0.39, 0.29) is 23.8 Å². The number of nitrogens with one attached hydrogen (secondary N) is 2. The summed E-state index contributed by atoms with van der Waals surface area (Å²) in [6.07, 6.45) is 6.36. The third-order valence-corrected chi connectivity index (χ3v) is 5.56. The highest BCUT2D eigenvalue weighted by Crippen LogP contribution is 2.28. The maximum Gasteiger partial charge on any atom is 0.252 e. The summed E-state index contributed by atoms with van der Waals surface area (Å²) in [5.74, 6) is 1.57. The van der Waals surface area contributed by atoms with Crippen molar-refractivity contribution in [3.05, 3.63) is 30.1 Å². The van der Waals surface area contributed by atoms with Crippen molar-refractivity contribution in [3.8, 4) is 0 Å². The predicted molar refractivity (Wildman–Crippen MR) is 99.5 cm³/mol. The summed E-state index contributed by atoms with van der Waals surface area (Å²) >= 11 is 1.61. The SMILES string of the molecule is O=C(NCCCC(=O)N1CSCC1C(=O)NCC1CC1)c1cccnc1. The van der Waals surface area contributed by atoms with Crippen molar-refractivity contribution >= 4 is 29.5 Å². The van der Waals surface area contributed by atoms with Crippen LogP contribution < -0.4 is 10.6 Å². The predicted octanol–water partition coefficient (Wildman–Crippen LogP) is 1.02. The normalized spacial score (nSPS) is 19.2. The molecule has 7 nitrogen and oxygen atoms in total. The standard InChI is InChI=1S/C18H24N4O3S/c23-16(4-2-8-20-17(24)14-3-1-7-19-10-14)22-12-26-11-15(22)18(25)21-9-13-5-6-13/h1,3,7,10,13,15H,2,4-6,8-9,11-12H2,(H,20,24)(H,21,25). The van der Waals surface area contributed by atoms with Crippen LogP contribution in [0.15, 0.2) is 24.5 Å². The zero-order valence-electron chi connectivity index (χ0n) is 14.6. The van der Waals surface area contributed by atoms with Gasteiger partial charge in [-0.05, 0) is 37.3 Å². The van der Waals surface area contributed by atoms with Crippen molar-refractivity contribution in [2.24, 2.45) is 5.92 Å². The van der Waals surface area contributed by atoms with E-state index in [9.17, 15) is 14.4 Å². The van der Waals surface area contributed by atoms with E-state index in [1.54, 1.807) is 35.0 Å². The molecule has 2 N–H and O–H groups in total. The smallest absolute Gasteiger partial charge is 0.252 e. The summed E-state index contributed by atoms with van der Waals surface area (Å²) in [4.78, 5) is 42.2.